The molecule has 2 unspecified atom stereocenters. The van der Waals surface area contributed by atoms with Crippen molar-refractivity contribution >= 4 is 17.1 Å². The summed E-state index contributed by atoms with van der Waals surface area (Å²) in [5, 5.41) is 0. The van der Waals surface area contributed by atoms with Crippen LogP contribution in [0, 0.1) is 0 Å². The van der Waals surface area contributed by atoms with Crippen LogP contribution in [0.3, 0.4) is 0 Å². The average molecular weight is 638 g/mol. The van der Waals surface area contributed by atoms with E-state index in [1.54, 1.807) is 0 Å². The van der Waals surface area contributed by atoms with Gasteiger partial charge in [0.25, 0.3) is 0 Å². The molecule has 0 bridgehead atoms. The fourth-order valence-corrected chi connectivity index (χ4v) is 9.05. The molecule has 0 heterocycles. The number of para-hydroxylation sites is 2. The standard InChI is InChI=1S/C49H35N/c1-3-15-36(16-4-1)50(37-17-5-2-6-18-37)38-30-27-34(28-31-38)35-29-32-44-40-20-8-7-19-39(40)41-21-9-12-24-45(41)49(48(44)33-35)46-25-13-10-22-42(46)43-23-11-14-26-47(43)49/h1-33,39-40H. The van der Waals surface area contributed by atoms with E-state index in [2.05, 4.69) is 205 Å². The molecule has 1 spiro atoms. The summed E-state index contributed by atoms with van der Waals surface area (Å²) < 4.78 is 0. The summed E-state index contributed by atoms with van der Waals surface area (Å²) in [6, 6.07) is 65.1. The van der Waals surface area contributed by atoms with E-state index in [1.165, 1.54) is 55.6 Å². The lowest BCUT2D eigenvalue weighted by Gasteiger charge is -2.36. The Labute approximate surface area is 294 Å². The number of anilines is 3. The van der Waals surface area contributed by atoms with Gasteiger partial charge in [0.2, 0.25) is 0 Å². The Balaban J connectivity index is 1.20. The summed E-state index contributed by atoms with van der Waals surface area (Å²) in [6.07, 6.45) is 9.30. The quantitative estimate of drug-likeness (QED) is 0.186. The molecule has 1 nitrogen and oxygen atoms in total. The van der Waals surface area contributed by atoms with E-state index in [9.17, 15) is 0 Å². The highest BCUT2D eigenvalue weighted by Gasteiger charge is 2.51. The zero-order chi connectivity index (χ0) is 33.1. The van der Waals surface area contributed by atoms with Crippen molar-refractivity contribution in [2.45, 2.75) is 17.3 Å². The van der Waals surface area contributed by atoms with Crippen molar-refractivity contribution in [1.82, 2.24) is 0 Å². The average Bonchev–Trinajstić information content (AvgIpc) is 3.44. The first kappa shape index (κ1) is 28.8. The first-order chi connectivity index (χ1) is 24.8. The molecule has 50 heavy (non-hydrogen) atoms. The minimum Gasteiger partial charge on any atom is -0.311 e. The van der Waals surface area contributed by atoms with Crippen molar-refractivity contribution in [2.24, 2.45) is 0 Å². The van der Waals surface area contributed by atoms with Crippen LogP contribution in [-0.4, -0.2) is 0 Å². The molecule has 10 rings (SSSR count). The monoisotopic (exact) mass is 637 g/mol. The minimum absolute atomic E-state index is 0.247. The van der Waals surface area contributed by atoms with Gasteiger partial charge >= 0.3 is 0 Å². The predicted octanol–water partition coefficient (Wildman–Crippen LogP) is 12.5. The molecule has 1 heteroatoms. The molecule has 0 aliphatic heterocycles. The van der Waals surface area contributed by atoms with Crippen LogP contribution < -0.4 is 4.90 Å². The van der Waals surface area contributed by atoms with Crippen molar-refractivity contribution < 1.29 is 0 Å². The van der Waals surface area contributed by atoms with Gasteiger partial charge in [0.1, 0.15) is 0 Å². The first-order valence-electron chi connectivity index (χ1n) is 17.6. The Kier molecular flexibility index (Phi) is 6.60. The summed E-state index contributed by atoms with van der Waals surface area (Å²) in [5.74, 6) is 0.513. The van der Waals surface area contributed by atoms with Crippen molar-refractivity contribution in [3.63, 3.8) is 0 Å². The third kappa shape index (κ3) is 4.20. The van der Waals surface area contributed by atoms with Crippen LogP contribution in [0.2, 0.25) is 0 Å². The Bertz CT molecular complexity index is 2350. The molecule has 236 valence electrons. The zero-order valence-corrected chi connectivity index (χ0v) is 27.7. The third-order valence-corrected chi connectivity index (χ3v) is 11.1. The predicted molar refractivity (Wildman–Crippen MR) is 208 cm³/mol. The second-order valence-corrected chi connectivity index (χ2v) is 13.6. The van der Waals surface area contributed by atoms with Gasteiger partial charge in [-0.25, -0.2) is 0 Å². The van der Waals surface area contributed by atoms with Gasteiger partial charge in [0, 0.05) is 28.9 Å². The topological polar surface area (TPSA) is 3.24 Å². The van der Waals surface area contributed by atoms with E-state index in [-0.39, 0.29) is 11.8 Å². The summed E-state index contributed by atoms with van der Waals surface area (Å²) in [7, 11) is 0. The largest absolute Gasteiger partial charge is 0.311 e. The molecule has 3 aliphatic carbocycles. The van der Waals surface area contributed by atoms with Gasteiger partial charge in [-0.1, -0.05) is 158 Å². The van der Waals surface area contributed by atoms with E-state index in [4.69, 9.17) is 0 Å². The Morgan fingerprint density at radius 3 is 1.42 bits per heavy atom. The van der Waals surface area contributed by atoms with E-state index < -0.39 is 5.41 Å². The lowest BCUT2D eigenvalue weighted by atomic mass is 9.65. The lowest BCUT2D eigenvalue weighted by Crippen LogP contribution is -2.30. The lowest BCUT2D eigenvalue weighted by molar-refractivity contribution is 0.732. The molecule has 0 aromatic heterocycles. The van der Waals surface area contributed by atoms with E-state index in [1.807, 2.05) is 0 Å². The molecular formula is C49H35N. The maximum Gasteiger partial charge on any atom is 0.0719 e. The minimum atomic E-state index is -0.439. The molecule has 7 aromatic rings. The second kappa shape index (κ2) is 11.5. The number of hydrogen-bond acceptors (Lipinski definition) is 1. The number of hydrogen-bond donors (Lipinski definition) is 0. The van der Waals surface area contributed by atoms with Gasteiger partial charge < -0.3 is 4.90 Å². The highest BCUT2D eigenvalue weighted by molar-refractivity contribution is 5.88. The molecule has 0 amide bonds. The normalized spacial score (nSPS) is 17.2. The summed E-state index contributed by atoms with van der Waals surface area (Å²) in [5.41, 5.74) is 16.4. The Morgan fingerprint density at radius 2 is 0.820 bits per heavy atom. The second-order valence-electron chi connectivity index (χ2n) is 13.6. The maximum atomic E-state index is 2.51. The van der Waals surface area contributed by atoms with Gasteiger partial charge in [-0.05, 0) is 98.1 Å². The summed E-state index contributed by atoms with van der Waals surface area (Å²) in [6.45, 7) is 0. The van der Waals surface area contributed by atoms with Gasteiger partial charge in [-0.2, -0.15) is 0 Å². The van der Waals surface area contributed by atoms with Gasteiger partial charge in [-0.3, -0.25) is 0 Å². The van der Waals surface area contributed by atoms with Crippen LogP contribution in [0.4, 0.5) is 17.1 Å². The third-order valence-electron chi connectivity index (χ3n) is 11.1. The summed E-state index contributed by atoms with van der Waals surface area (Å²) >= 11 is 0. The van der Waals surface area contributed by atoms with Gasteiger partial charge in [0.15, 0.2) is 0 Å². The molecule has 2 atom stereocenters. The van der Waals surface area contributed by atoms with Crippen LogP contribution in [0.1, 0.15) is 45.2 Å². The fourth-order valence-electron chi connectivity index (χ4n) is 9.05. The van der Waals surface area contributed by atoms with Crippen LogP contribution in [0.5, 0.6) is 0 Å². The van der Waals surface area contributed by atoms with Crippen molar-refractivity contribution in [3.8, 4) is 22.3 Å². The van der Waals surface area contributed by atoms with E-state index in [0.29, 0.717) is 0 Å². The van der Waals surface area contributed by atoms with Crippen LogP contribution in [0.25, 0.3) is 22.3 Å². The number of nitrogens with zero attached hydrogens (tertiary/aromatic N) is 1. The molecule has 0 saturated carbocycles. The number of rotatable bonds is 4. The molecular weight excluding hydrogens is 603 g/mol. The SMILES string of the molecule is C1=CC2c3ccccc3C3(c4ccccc4-c4ccccc43)c3cc(-c4ccc(N(c5ccccc5)c5ccccc5)cc4)ccc3C2C=C1. The molecule has 0 N–H and O–H groups in total. The molecule has 3 aliphatic rings. The molecule has 7 aromatic carbocycles. The summed E-state index contributed by atoms with van der Waals surface area (Å²) in [4.78, 5) is 2.32. The molecule has 0 saturated heterocycles. The van der Waals surface area contributed by atoms with Crippen LogP contribution in [0.15, 0.2) is 200 Å². The maximum absolute atomic E-state index is 2.51. The van der Waals surface area contributed by atoms with Crippen LogP contribution in [-0.2, 0) is 5.41 Å². The van der Waals surface area contributed by atoms with Gasteiger partial charge in [-0.15, -0.1) is 0 Å². The number of allylic oxidation sites excluding steroid dienone is 4. The Hall–Kier alpha value is -6.18. The van der Waals surface area contributed by atoms with Gasteiger partial charge in [0.05, 0.1) is 5.41 Å². The first-order valence-corrected chi connectivity index (χ1v) is 17.6. The molecule has 0 radical (unpaired) electrons. The highest BCUT2D eigenvalue weighted by atomic mass is 15.1. The highest BCUT2D eigenvalue weighted by Crippen LogP contribution is 2.61. The fraction of sp³-hybridized carbons (Fsp3) is 0.0612. The Morgan fingerprint density at radius 1 is 0.360 bits per heavy atom. The van der Waals surface area contributed by atoms with Crippen molar-refractivity contribution in [3.05, 3.63) is 234 Å². The van der Waals surface area contributed by atoms with E-state index in [0.717, 1.165) is 17.1 Å². The van der Waals surface area contributed by atoms with Crippen LogP contribution >= 0.6 is 0 Å². The molecule has 0 fully saturated rings. The van der Waals surface area contributed by atoms with Crippen molar-refractivity contribution in [2.75, 3.05) is 4.90 Å². The number of fused-ring (bicyclic) bond motifs is 12. The van der Waals surface area contributed by atoms with Crippen molar-refractivity contribution in [1.29, 1.82) is 0 Å². The van der Waals surface area contributed by atoms with E-state index >= 15 is 0 Å². The zero-order valence-electron chi connectivity index (χ0n) is 27.7. The smallest absolute Gasteiger partial charge is 0.0719 e. The number of benzene rings is 7.